The van der Waals surface area contributed by atoms with Crippen LogP contribution in [0.15, 0.2) is 43.0 Å². The van der Waals surface area contributed by atoms with Crippen molar-refractivity contribution in [3.63, 3.8) is 0 Å². The van der Waals surface area contributed by atoms with Crippen molar-refractivity contribution in [1.82, 2.24) is 4.90 Å². The first-order valence-corrected chi connectivity index (χ1v) is 7.04. The average Bonchev–Trinajstić information content (AvgIpc) is 2.96. The largest absolute Gasteiger partial charge is 0.480 e. The molecule has 118 valence electrons. The predicted octanol–water partition coefficient (Wildman–Crippen LogP) is 2.05. The molecule has 1 saturated heterocycles. The lowest BCUT2D eigenvalue weighted by Gasteiger charge is -2.20. The number of aliphatic carboxylic acids is 1. The maximum Gasteiger partial charge on any atom is 0.410 e. The number of likely N-dealkylation sites (tertiary alicyclic amines) is 1. The molecular weight excluding hydrogens is 286 g/mol. The Bertz CT molecular complexity index is 531. The van der Waals surface area contributed by atoms with Crippen LogP contribution in [0.5, 0.6) is 0 Å². The fourth-order valence-corrected chi connectivity index (χ4v) is 2.36. The number of carbonyl (C=O) groups is 2. The van der Waals surface area contributed by atoms with Gasteiger partial charge in [-0.25, -0.2) is 9.59 Å². The van der Waals surface area contributed by atoms with Crippen LogP contribution in [-0.2, 0) is 20.9 Å². The molecule has 1 aliphatic heterocycles. The van der Waals surface area contributed by atoms with Gasteiger partial charge in [-0.3, -0.25) is 4.90 Å². The standard InChI is InChI=1S/C16H19NO5/c1-2-8-21-13-9-14(15(18)19)17(10-13)16(20)22-11-12-6-4-3-5-7-12/h2-7,13-14H,1,8-11H2,(H,18,19)/t13-,14+/m1/s1. The summed E-state index contributed by atoms with van der Waals surface area (Å²) in [5.74, 6) is -1.05. The van der Waals surface area contributed by atoms with Crippen molar-refractivity contribution in [2.45, 2.75) is 25.2 Å². The van der Waals surface area contributed by atoms with Crippen LogP contribution in [0.3, 0.4) is 0 Å². The molecule has 0 saturated carbocycles. The molecule has 0 aliphatic carbocycles. The van der Waals surface area contributed by atoms with Gasteiger partial charge in [-0.15, -0.1) is 6.58 Å². The molecule has 1 aromatic carbocycles. The molecule has 6 nitrogen and oxygen atoms in total. The summed E-state index contributed by atoms with van der Waals surface area (Å²) in [6.45, 7) is 4.19. The SMILES string of the molecule is C=CCO[C@@H]1C[C@@H](C(=O)O)N(C(=O)OCc2ccccc2)C1. The van der Waals surface area contributed by atoms with E-state index in [0.717, 1.165) is 5.56 Å². The monoisotopic (exact) mass is 305 g/mol. The fraction of sp³-hybridized carbons (Fsp3) is 0.375. The number of nitrogens with zero attached hydrogens (tertiary/aromatic N) is 1. The number of carbonyl (C=O) groups excluding carboxylic acids is 1. The van der Waals surface area contributed by atoms with Gasteiger partial charge in [0, 0.05) is 6.42 Å². The van der Waals surface area contributed by atoms with Gasteiger partial charge in [0.2, 0.25) is 0 Å². The molecule has 0 bridgehead atoms. The third kappa shape index (κ3) is 4.08. The maximum atomic E-state index is 12.1. The third-order valence-corrected chi connectivity index (χ3v) is 3.44. The molecule has 0 spiro atoms. The molecule has 0 radical (unpaired) electrons. The molecule has 1 amide bonds. The Hall–Kier alpha value is -2.34. The van der Waals surface area contributed by atoms with Crippen molar-refractivity contribution in [1.29, 1.82) is 0 Å². The normalized spacial score (nSPS) is 20.6. The summed E-state index contributed by atoms with van der Waals surface area (Å²) < 4.78 is 10.6. The first-order valence-electron chi connectivity index (χ1n) is 7.04. The molecule has 2 atom stereocenters. The van der Waals surface area contributed by atoms with Crippen molar-refractivity contribution in [3.8, 4) is 0 Å². The predicted molar refractivity (Wildman–Crippen MR) is 79.3 cm³/mol. The second kappa shape index (κ2) is 7.61. The van der Waals surface area contributed by atoms with Crippen LogP contribution < -0.4 is 0 Å². The van der Waals surface area contributed by atoms with E-state index in [1.807, 2.05) is 30.3 Å². The van der Waals surface area contributed by atoms with Crippen molar-refractivity contribution < 1.29 is 24.2 Å². The Labute approximate surface area is 128 Å². The van der Waals surface area contributed by atoms with E-state index in [1.54, 1.807) is 6.08 Å². The number of rotatable bonds is 6. The van der Waals surface area contributed by atoms with Crippen molar-refractivity contribution >= 4 is 12.1 Å². The molecule has 1 heterocycles. The van der Waals surface area contributed by atoms with E-state index in [4.69, 9.17) is 9.47 Å². The first-order chi connectivity index (χ1) is 10.6. The number of ether oxygens (including phenoxy) is 2. The Balaban J connectivity index is 1.94. The van der Waals surface area contributed by atoms with Crippen molar-refractivity contribution in [2.24, 2.45) is 0 Å². The van der Waals surface area contributed by atoms with Crippen LogP contribution in [0.25, 0.3) is 0 Å². The number of hydrogen-bond acceptors (Lipinski definition) is 4. The summed E-state index contributed by atoms with van der Waals surface area (Å²) in [7, 11) is 0. The fourth-order valence-electron chi connectivity index (χ4n) is 2.36. The van der Waals surface area contributed by atoms with Crippen LogP contribution in [-0.4, -0.2) is 47.4 Å². The summed E-state index contributed by atoms with van der Waals surface area (Å²) in [6.07, 6.45) is 0.889. The van der Waals surface area contributed by atoms with Crippen LogP contribution in [0.4, 0.5) is 4.79 Å². The van der Waals surface area contributed by atoms with Gasteiger partial charge in [0.25, 0.3) is 0 Å². The summed E-state index contributed by atoms with van der Waals surface area (Å²) in [6, 6.07) is 8.31. The number of carboxylic acid groups (broad SMARTS) is 1. The van der Waals surface area contributed by atoms with Crippen molar-refractivity contribution in [2.75, 3.05) is 13.2 Å². The summed E-state index contributed by atoms with van der Waals surface area (Å²) >= 11 is 0. The number of amides is 1. The molecule has 0 aromatic heterocycles. The highest BCUT2D eigenvalue weighted by molar-refractivity contribution is 5.80. The van der Waals surface area contributed by atoms with Crippen LogP contribution >= 0.6 is 0 Å². The third-order valence-electron chi connectivity index (χ3n) is 3.44. The lowest BCUT2D eigenvalue weighted by molar-refractivity contribution is -0.141. The summed E-state index contributed by atoms with van der Waals surface area (Å²) in [5.41, 5.74) is 0.848. The quantitative estimate of drug-likeness (QED) is 0.814. The molecule has 2 rings (SSSR count). The van der Waals surface area contributed by atoms with Crippen LogP contribution in [0.1, 0.15) is 12.0 Å². The molecule has 6 heteroatoms. The molecule has 22 heavy (non-hydrogen) atoms. The number of carboxylic acids is 1. The van der Waals surface area contributed by atoms with Gasteiger partial charge in [-0.1, -0.05) is 36.4 Å². The topological polar surface area (TPSA) is 76.1 Å². The lowest BCUT2D eigenvalue weighted by atomic mass is 10.2. The Kier molecular flexibility index (Phi) is 5.55. The molecule has 1 N–H and O–H groups in total. The molecule has 0 unspecified atom stereocenters. The van der Waals surface area contributed by atoms with Crippen LogP contribution in [0, 0.1) is 0 Å². The highest BCUT2D eigenvalue weighted by atomic mass is 16.6. The van der Waals surface area contributed by atoms with E-state index < -0.39 is 18.1 Å². The second-order valence-corrected chi connectivity index (χ2v) is 5.03. The van der Waals surface area contributed by atoms with E-state index in [2.05, 4.69) is 6.58 Å². The second-order valence-electron chi connectivity index (χ2n) is 5.03. The van der Waals surface area contributed by atoms with E-state index >= 15 is 0 Å². The first kappa shape index (κ1) is 16.0. The minimum Gasteiger partial charge on any atom is -0.480 e. The average molecular weight is 305 g/mol. The summed E-state index contributed by atoms with van der Waals surface area (Å²) in [4.78, 5) is 24.6. The van der Waals surface area contributed by atoms with Gasteiger partial charge >= 0.3 is 12.1 Å². The van der Waals surface area contributed by atoms with E-state index in [0.29, 0.717) is 6.61 Å². The Morgan fingerprint density at radius 3 is 2.73 bits per heavy atom. The van der Waals surface area contributed by atoms with Crippen molar-refractivity contribution in [3.05, 3.63) is 48.6 Å². The Morgan fingerprint density at radius 2 is 2.09 bits per heavy atom. The van der Waals surface area contributed by atoms with Gasteiger partial charge in [0.05, 0.1) is 19.3 Å². The van der Waals surface area contributed by atoms with E-state index in [1.165, 1.54) is 4.90 Å². The highest BCUT2D eigenvalue weighted by Crippen LogP contribution is 2.22. The van der Waals surface area contributed by atoms with Gasteiger partial charge < -0.3 is 14.6 Å². The van der Waals surface area contributed by atoms with Gasteiger partial charge in [0.1, 0.15) is 12.6 Å². The van der Waals surface area contributed by atoms with Gasteiger partial charge in [0.15, 0.2) is 0 Å². The molecular formula is C16H19NO5. The molecule has 1 aromatic rings. The maximum absolute atomic E-state index is 12.1. The lowest BCUT2D eigenvalue weighted by Crippen LogP contribution is -2.40. The Morgan fingerprint density at radius 1 is 1.36 bits per heavy atom. The zero-order valence-corrected chi connectivity index (χ0v) is 12.2. The van der Waals surface area contributed by atoms with E-state index in [-0.39, 0.29) is 25.7 Å². The van der Waals surface area contributed by atoms with E-state index in [9.17, 15) is 14.7 Å². The minimum absolute atomic E-state index is 0.112. The van der Waals surface area contributed by atoms with Gasteiger partial charge in [-0.05, 0) is 5.56 Å². The minimum atomic E-state index is -1.05. The zero-order valence-electron chi connectivity index (χ0n) is 12.2. The summed E-state index contributed by atoms with van der Waals surface area (Å²) in [5, 5.41) is 9.24. The highest BCUT2D eigenvalue weighted by Gasteiger charge is 2.41. The van der Waals surface area contributed by atoms with Gasteiger partial charge in [-0.2, -0.15) is 0 Å². The molecule has 1 aliphatic rings. The zero-order chi connectivity index (χ0) is 15.9. The number of benzene rings is 1. The molecule has 1 fully saturated rings. The van der Waals surface area contributed by atoms with Crippen LogP contribution in [0.2, 0.25) is 0 Å². The number of hydrogen-bond donors (Lipinski definition) is 1. The smallest absolute Gasteiger partial charge is 0.410 e.